The SMILES string of the molecule is COC(=O)C(C)CSCc1cc(=O)n2ccc(C)cc2n1. The van der Waals surface area contributed by atoms with Crippen LogP contribution in [0.15, 0.2) is 29.2 Å². The van der Waals surface area contributed by atoms with Crippen molar-refractivity contribution in [3.8, 4) is 0 Å². The first-order valence-electron chi connectivity index (χ1n) is 6.66. The zero-order chi connectivity index (χ0) is 15.4. The first-order valence-corrected chi connectivity index (χ1v) is 7.81. The summed E-state index contributed by atoms with van der Waals surface area (Å²) in [4.78, 5) is 27.8. The lowest BCUT2D eigenvalue weighted by Crippen LogP contribution is -2.16. The van der Waals surface area contributed by atoms with Crippen molar-refractivity contribution in [2.75, 3.05) is 12.9 Å². The summed E-state index contributed by atoms with van der Waals surface area (Å²) in [7, 11) is 1.39. The number of esters is 1. The predicted molar refractivity (Wildman–Crippen MR) is 83.5 cm³/mol. The topological polar surface area (TPSA) is 60.7 Å². The average molecular weight is 306 g/mol. The van der Waals surface area contributed by atoms with E-state index in [1.165, 1.54) is 17.6 Å². The lowest BCUT2D eigenvalue weighted by atomic mass is 10.2. The summed E-state index contributed by atoms with van der Waals surface area (Å²) in [5, 5.41) is 0. The van der Waals surface area contributed by atoms with Crippen molar-refractivity contribution >= 4 is 23.4 Å². The molecule has 0 saturated carbocycles. The van der Waals surface area contributed by atoms with Gasteiger partial charge in [0.25, 0.3) is 5.56 Å². The van der Waals surface area contributed by atoms with Crippen LogP contribution in [0.5, 0.6) is 0 Å². The number of carbonyl (C=O) groups is 1. The molecule has 0 aromatic carbocycles. The molecule has 2 aromatic rings. The van der Waals surface area contributed by atoms with E-state index in [0.29, 0.717) is 17.2 Å². The number of nitrogens with zero attached hydrogens (tertiary/aromatic N) is 2. The smallest absolute Gasteiger partial charge is 0.309 e. The highest BCUT2D eigenvalue weighted by Gasteiger charge is 2.13. The number of aromatic nitrogens is 2. The molecule has 0 N–H and O–H groups in total. The highest BCUT2D eigenvalue weighted by atomic mass is 32.2. The molecular formula is C15H18N2O3S. The van der Waals surface area contributed by atoms with Crippen LogP contribution in [-0.2, 0) is 15.3 Å². The van der Waals surface area contributed by atoms with Crippen molar-refractivity contribution in [3.05, 3.63) is 46.0 Å². The highest BCUT2D eigenvalue weighted by molar-refractivity contribution is 7.98. The highest BCUT2D eigenvalue weighted by Crippen LogP contribution is 2.15. The Morgan fingerprint density at radius 2 is 2.24 bits per heavy atom. The van der Waals surface area contributed by atoms with Crippen molar-refractivity contribution in [2.24, 2.45) is 5.92 Å². The molecule has 0 bridgehead atoms. The second kappa shape index (κ2) is 6.76. The number of aryl methyl sites for hydroxylation is 1. The van der Waals surface area contributed by atoms with E-state index in [0.717, 1.165) is 11.3 Å². The monoisotopic (exact) mass is 306 g/mol. The van der Waals surface area contributed by atoms with Gasteiger partial charge in [0.05, 0.1) is 18.7 Å². The van der Waals surface area contributed by atoms with Crippen molar-refractivity contribution in [3.63, 3.8) is 0 Å². The second-order valence-electron chi connectivity index (χ2n) is 4.96. The Labute approximate surface area is 127 Å². The third kappa shape index (κ3) is 3.85. The maximum absolute atomic E-state index is 12.0. The van der Waals surface area contributed by atoms with E-state index in [1.807, 2.05) is 26.0 Å². The van der Waals surface area contributed by atoms with Crippen molar-refractivity contribution < 1.29 is 9.53 Å². The van der Waals surface area contributed by atoms with Crippen LogP contribution < -0.4 is 5.56 Å². The fourth-order valence-electron chi connectivity index (χ4n) is 1.94. The Kier molecular flexibility index (Phi) is 5.01. The van der Waals surface area contributed by atoms with E-state index in [1.54, 1.807) is 18.0 Å². The van der Waals surface area contributed by atoms with Crippen LogP contribution in [0.1, 0.15) is 18.2 Å². The molecule has 0 fully saturated rings. The van der Waals surface area contributed by atoms with Crippen LogP contribution in [0.25, 0.3) is 5.65 Å². The van der Waals surface area contributed by atoms with Crippen LogP contribution in [0, 0.1) is 12.8 Å². The van der Waals surface area contributed by atoms with Gasteiger partial charge in [-0.15, -0.1) is 0 Å². The number of rotatable bonds is 5. The van der Waals surface area contributed by atoms with Gasteiger partial charge in [-0.05, 0) is 24.6 Å². The van der Waals surface area contributed by atoms with Crippen LogP contribution in [-0.4, -0.2) is 28.2 Å². The Hall–Kier alpha value is -1.82. The predicted octanol–water partition coefficient (Wildman–Crippen LogP) is 2.05. The molecule has 21 heavy (non-hydrogen) atoms. The van der Waals surface area contributed by atoms with Gasteiger partial charge in [-0.2, -0.15) is 11.8 Å². The lowest BCUT2D eigenvalue weighted by Gasteiger charge is -2.08. The maximum Gasteiger partial charge on any atom is 0.309 e. The van der Waals surface area contributed by atoms with E-state index in [-0.39, 0.29) is 17.4 Å². The molecule has 1 atom stereocenters. The van der Waals surface area contributed by atoms with E-state index >= 15 is 0 Å². The minimum Gasteiger partial charge on any atom is -0.469 e. The summed E-state index contributed by atoms with van der Waals surface area (Å²) < 4.78 is 6.21. The zero-order valence-electron chi connectivity index (χ0n) is 12.3. The number of carbonyl (C=O) groups excluding carboxylic acids is 1. The lowest BCUT2D eigenvalue weighted by molar-refractivity contribution is -0.143. The van der Waals surface area contributed by atoms with Crippen molar-refractivity contribution in [2.45, 2.75) is 19.6 Å². The standard InChI is InChI=1S/C15H18N2O3S/c1-10-4-5-17-13(6-10)16-12(7-14(17)18)9-21-8-11(2)15(19)20-3/h4-7,11H,8-9H2,1-3H3. The molecule has 0 aliphatic carbocycles. The maximum atomic E-state index is 12.0. The van der Waals surface area contributed by atoms with E-state index < -0.39 is 0 Å². The molecule has 0 spiro atoms. The summed E-state index contributed by atoms with van der Waals surface area (Å²) in [6, 6.07) is 5.30. The van der Waals surface area contributed by atoms with Gasteiger partial charge in [0, 0.05) is 23.8 Å². The number of thioether (sulfide) groups is 1. The van der Waals surface area contributed by atoms with Crippen LogP contribution in [0.3, 0.4) is 0 Å². The molecule has 2 rings (SSSR count). The van der Waals surface area contributed by atoms with Gasteiger partial charge in [-0.25, -0.2) is 4.98 Å². The van der Waals surface area contributed by atoms with Gasteiger partial charge in [-0.3, -0.25) is 14.0 Å². The van der Waals surface area contributed by atoms with Crippen LogP contribution >= 0.6 is 11.8 Å². The van der Waals surface area contributed by atoms with E-state index in [9.17, 15) is 9.59 Å². The molecule has 112 valence electrons. The average Bonchev–Trinajstić information content (AvgIpc) is 2.45. The third-order valence-electron chi connectivity index (χ3n) is 3.10. The molecule has 0 radical (unpaired) electrons. The summed E-state index contributed by atoms with van der Waals surface area (Å²) in [6.45, 7) is 3.79. The molecule has 0 saturated heterocycles. The van der Waals surface area contributed by atoms with Crippen molar-refractivity contribution in [1.29, 1.82) is 0 Å². The summed E-state index contributed by atoms with van der Waals surface area (Å²) in [6.07, 6.45) is 1.73. The molecule has 0 aliphatic rings. The van der Waals surface area contributed by atoms with Gasteiger partial charge >= 0.3 is 5.97 Å². The summed E-state index contributed by atoms with van der Waals surface area (Å²) in [5.74, 6) is 0.858. The normalized spacial score (nSPS) is 12.3. The minimum atomic E-state index is -0.218. The summed E-state index contributed by atoms with van der Waals surface area (Å²) in [5.41, 5.74) is 2.36. The number of methoxy groups -OCH3 is 1. The minimum absolute atomic E-state index is 0.0865. The van der Waals surface area contributed by atoms with Gasteiger partial charge in [0.1, 0.15) is 5.65 Å². The Bertz CT molecular complexity index is 712. The number of fused-ring (bicyclic) bond motifs is 1. The molecule has 1 unspecified atom stereocenters. The Morgan fingerprint density at radius 1 is 1.48 bits per heavy atom. The fourth-order valence-corrected chi connectivity index (χ4v) is 2.90. The fraction of sp³-hybridized carbons (Fsp3) is 0.400. The molecule has 2 aromatic heterocycles. The largest absolute Gasteiger partial charge is 0.469 e. The molecule has 6 heteroatoms. The van der Waals surface area contributed by atoms with Crippen LogP contribution in [0.4, 0.5) is 0 Å². The van der Waals surface area contributed by atoms with E-state index in [2.05, 4.69) is 9.72 Å². The number of ether oxygens (including phenoxy) is 1. The number of hydrogen-bond acceptors (Lipinski definition) is 5. The van der Waals surface area contributed by atoms with Gasteiger partial charge in [0.2, 0.25) is 0 Å². The van der Waals surface area contributed by atoms with E-state index in [4.69, 9.17) is 0 Å². The number of hydrogen-bond donors (Lipinski definition) is 0. The quantitative estimate of drug-likeness (QED) is 0.791. The molecule has 0 aliphatic heterocycles. The Morgan fingerprint density at radius 3 is 2.95 bits per heavy atom. The first-order chi connectivity index (χ1) is 10.0. The number of pyridine rings is 1. The van der Waals surface area contributed by atoms with Gasteiger partial charge in [0.15, 0.2) is 0 Å². The van der Waals surface area contributed by atoms with Crippen LogP contribution in [0.2, 0.25) is 0 Å². The molecule has 2 heterocycles. The Balaban J connectivity index is 2.09. The molecule has 5 nitrogen and oxygen atoms in total. The molecular weight excluding hydrogens is 288 g/mol. The first kappa shape index (κ1) is 15.6. The third-order valence-corrected chi connectivity index (χ3v) is 4.33. The van der Waals surface area contributed by atoms with Crippen molar-refractivity contribution in [1.82, 2.24) is 9.38 Å². The zero-order valence-corrected chi connectivity index (χ0v) is 13.1. The van der Waals surface area contributed by atoms with Gasteiger partial charge < -0.3 is 4.74 Å². The van der Waals surface area contributed by atoms with Gasteiger partial charge in [-0.1, -0.05) is 6.92 Å². The molecule has 0 amide bonds. The second-order valence-corrected chi connectivity index (χ2v) is 5.99. The summed E-state index contributed by atoms with van der Waals surface area (Å²) >= 11 is 1.57.